The van der Waals surface area contributed by atoms with Crippen LogP contribution in [0.3, 0.4) is 0 Å². The first-order valence-corrected chi connectivity index (χ1v) is 6.38. The van der Waals surface area contributed by atoms with Crippen LogP contribution in [0.5, 0.6) is 0 Å². The van der Waals surface area contributed by atoms with Crippen LogP contribution in [0.1, 0.15) is 10.5 Å². The Hall–Kier alpha value is -1.57. The van der Waals surface area contributed by atoms with E-state index in [0.29, 0.717) is 18.0 Å². The van der Waals surface area contributed by atoms with Crippen LogP contribution in [0.2, 0.25) is 0 Å². The molecule has 0 unspecified atom stereocenters. The average molecular weight is 320 g/mol. The molecule has 1 aromatic carbocycles. The second kappa shape index (κ2) is 7.28. The molecule has 3 N–H and O–H groups in total. The first-order valence-electron chi connectivity index (χ1n) is 5.50. The molecule has 1 amide bonds. The summed E-state index contributed by atoms with van der Waals surface area (Å²) in [4.78, 5) is 16.2. The van der Waals surface area contributed by atoms with Gasteiger partial charge in [-0.3, -0.25) is 4.79 Å². The fourth-order valence-electron chi connectivity index (χ4n) is 1.57. The Labute approximate surface area is 124 Å². The number of hydrogen-bond donors (Lipinski definition) is 2. The molecule has 1 aromatic heterocycles. The van der Waals surface area contributed by atoms with Crippen LogP contribution >= 0.6 is 23.7 Å². The molecule has 20 heavy (non-hydrogen) atoms. The molecular weight excluding hydrogens is 308 g/mol. The van der Waals surface area contributed by atoms with Crippen molar-refractivity contribution in [1.29, 1.82) is 0 Å². The summed E-state index contributed by atoms with van der Waals surface area (Å²) in [6, 6.07) is 3.10. The third-order valence-electron chi connectivity index (χ3n) is 2.34. The first-order chi connectivity index (χ1) is 9.11. The Morgan fingerprint density at radius 1 is 1.30 bits per heavy atom. The van der Waals surface area contributed by atoms with Gasteiger partial charge in [-0.1, -0.05) is 0 Å². The lowest BCUT2D eigenvalue weighted by atomic mass is 10.1. The molecule has 0 bridgehead atoms. The van der Waals surface area contributed by atoms with Gasteiger partial charge in [0.2, 0.25) is 0 Å². The molecule has 2 rings (SSSR count). The molecule has 8 heteroatoms. The second-order valence-corrected chi connectivity index (χ2v) is 4.59. The fourth-order valence-corrected chi connectivity index (χ4v) is 2.34. The van der Waals surface area contributed by atoms with Crippen LogP contribution in [0.4, 0.5) is 8.78 Å². The molecule has 1 heterocycles. The number of benzene rings is 1. The van der Waals surface area contributed by atoms with Crippen molar-refractivity contribution in [3.8, 4) is 10.4 Å². The van der Waals surface area contributed by atoms with Crippen molar-refractivity contribution in [1.82, 2.24) is 10.3 Å². The van der Waals surface area contributed by atoms with E-state index in [2.05, 4.69) is 10.3 Å². The van der Waals surface area contributed by atoms with Gasteiger partial charge in [-0.05, 0) is 17.7 Å². The van der Waals surface area contributed by atoms with Crippen molar-refractivity contribution in [3.05, 3.63) is 41.0 Å². The largest absolute Gasteiger partial charge is 0.349 e. The van der Waals surface area contributed by atoms with E-state index in [1.807, 2.05) is 0 Å². The molecule has 0 aliphatic carbocycles. The van der Waals surface area contributed by atoms with Gasteiger partial charge in [0.25, 0.3) is 5.91 Å². The zero-order chi connectivity index (χ0) is 13.8. The number of aromatic nitrogens is 1. The highest BCUT2D eigenvalue weighted by Crippen LogP contribution is 2.28. The summed E-state index contributed by atoms with van der Waals surface area (Å²) in [7, 11) is 0. The molecule has 2 aromatic rings. The minimum absolute atomic E-state index is 0. The van der Waals surface area contributed by atoms with Crippen molar-refractivity contribution in [2.24, 2.45) is 5.73 Å². The summed E-state index contributed by atoms with van der Waals surface area (Å²) in [5, 5.41) is 2.57. The number of carbonyl (C=O) groups is 1. The smallest absolute Gasteiger partial charge is 0.271 e. The molecule has 0 radical (unpaired) electrons. The third kappa shape index (κ3) is 3.72. The minimum Gasteiger partial charge on any atom is -0.349 e. The molecule has 0 atom stereocenters. The highest BCUT2D eigenvalue weighted by atomic mass is 35.5. The number of nitrogens with one attached hydrogen (secondary N) is 1. The molecule has 0 aliphatic rings. The first kappa shape index (κ1) is 16.5. The van der Waals surface area contributed by atoms with E-state index in [9.17, 15) is 13.6 Å². The third-order valence-corrected chi connectivity index (χ3v) is 3.21. The molecular formula is C12H12ClF2N3OS. The van der Waals surface area contributed by atoms with Crippen LogP contribution in [0.25, 0.3) is 10.4 Å². The van der Waals surface area contributed by atoms with Crippen LogP contribution in [-0.4, -0.2) is 24.0 Å². The fraction of sp³-hybridized carbons (Fsp3) is 0.167. The van der Waals surface area contributed by atoms with Crippen LogP contribution in [-0.2, 0) is 0 Å². The van der Waals surface area contributed by atoms with E-state index in [1.54, 1.807) is 0 Å². The Morgan fingerprint density at radius 2 is 1.95 bits per heavy atom. The van der Waals surface area contributed by atoms with Crippen molar-refractivity contribution in [3.63, 3.8) is 0 Å². The maximum absolute atomic E-state index is 13.2. The number of carbonyl (C=O) groups excluding carboxylic acids is 1. The van der Waals surface area contributed by atoms with Crippen molar-refractivity contribution < 1.29 is 13.6 Å². The second-order valence-electron chi connectivity index (χ2n) is 3.73. The standard InChI is InChI=1S/C12H11F2N3OS.ClH/c13-8-3-7(4-9(14)5-8)11-10(17-6-19-11)12(18)16-2-1-15;/h3-6H,1-2,15H2,(H,16,18);1H. The summed E-state index contributed by atoms with van der Waals surface area (Å²) in [5.41, 5.74) is 7.17. The quantitative estimate of drug-likeness (QED) is 0.908. The van der Waals surface area contributed by atoms with Gasteiger partial charge in [-0.2, -0.15) is 0 Å². The van der Waals surface area contributed by atoms with E-state index in [4.69, 9.17) is 5.73 Å². The van der Waals surface area contributed by atoms with Gasteiger partial charge < -0.3 is 11.1 Å². The number of hydrogen-bond acceptors (Lipinski definition) is 4. The van der Waals surface area contributed by atoms with E-state index in [-0.39, 0.29) is 23.7 Å². The topological polar surface area (TPSA) is 68.0 Å². The van der Waals surface area contributed by atoms with Crippen LogP contribution in [0, 0.1) is 11.6 Å². The van der Waals surface area contributed by atoms with E-state index in [0.717, 1.165) is 29.5 Å². The molecule has 0 fully saturated rings. The van der Waals surface area contributed by atoms with Gasteiger partial charge in [0.05, 0.1) is 10.4 Å². The Bertz CT molecular complexity index is 586. The van der Waals surface area contributed by atoms with Gasteiger partial charge in [0.1, 0.15) is 17.3 Å². The summed E-state index contributed by atoms with van der Waals surface area (Å²) >= 11 is 1.15. The minimum atomic E-state index is -0.697. The predicted octanol–water partition coefficient (Wildman–Crippen LogP) is 2.20. The zero-order valence-electron chi connectivity index (χ0n) is 10.2. The van der Waals surface area contributed by atoms with Gasteiger partial charge in [-0.15, -0.1) is 23.7 Å². The highest BCUT2D eigenvalue weighted by Gasteiger charge is 2.17. The number of nitrogens with zero attached hydrogens (tertiary/aromatic N) is 1. The lowest BCUT2D eigenvalue weighted by Gasteiger charge is -2.04. The van der Waals surface area contributed by atoms with Crippen LogP contribution < -0.4 is 11.1 Å². The monoisotopic (exact) mass is 319 g/mol. The summed E-state index contributed by atoms with van der Waals surface area (Å²) in [6.45, 7) is 0.618. The Kier molecular flexibility index (Phi) is 6.00. The summed E-state index contributed by atoms with van der Waals surface area (Å²) in [6.07, 6.45) is 0. The molecule has 0 spiro atoms. The Balaban J connectivity index is 0.00000200. The van der Waals surface area contributed by atoms with Crippen LogP contribution in [0.15, 0.2) is 23.7 Å². The SMILES string of the molecule is Cl.NCCNC(=O)c1ncsc1-c1cc(F)cc(F)c1. The maximum atomic E-state index is 13.2. The van der Waals surface area contributed by atoms with Gasteiger partial charge in [0.15, 0.2) is 0 Å². The lowest BCUT2D eigenvalue weighted by molar-refractivity contribution is 0.0951. The number of rotatable bonds is 4. The Morgan fingerprint density at radius 3 is 2.55 bits per heavy atom. The maximum Gasteiger partial charge on any atom is 0.271 e. The van der Waals surface area contributed by atoms with E-state index in [1.165, 1.54) is 5.51 Å². The molecule has 108 valence electrons. The molecule has 0 aliphatic heterocycles. The zero-order valence-corrected chi connectivity index (χ0v) is 11.9. The van der Waals surface area contributed by atoms with E-state index < -0.39 is 17.5 Å². The summed E-state index contributed by atoms with van der Waals surface area (Å²) in [5.74, 6) is -1.81. The van der Waals surface area contributed by atoms with Crippen molar-refractivity contribution in [2.75, 3.05) is 13.1 Å². The highest BCUT2D eigenvalue weighted by molar-refractivity contribution is 7.13. The van der Waals surface area contributed by atoms with Gasteiger partial charge >= 0.3 is 0 Å². The molecule has 0 saturated carbocycles. The van der Waals surface area contributed by atoms with Crippen molar-refractivity contribution in [2.45, 2.75) is 0 Å². The van der Waals surface area contributed by atoms with E-state index >= 15 is 0 Å². The van der Waals surface area contributed by atoms with Gasteiger partial charge in [-0.25, -0.2) is 13.8 Å². The number of nitrogens with two attached hydrogens (primary N) is 1. The van der Waals surface area contributed by atoms with Crippen molar-refractivity contribution >= 4 is 29.7 Å². The molecule has 0 saturated heterocycles. The number of thiazole rings is 1. The normalized spacial score (nSPS) is 9.95. The van der Waals surface area contributed by atoms with Gasteiger partial charge in [0, 0.05) is 19.2 Å². The number of amides is 1. The lowest BCUT2D eigenvalue weighted by Crippen LogP contribution is -2.29. The average Bonchev–Trinajstić information content (AvgIpc) is 2.84. The number of halogens is 3. The molecule has 4 nitrogen and oxygen atoms in total. The predicted molar refractivity (Wildman–Crippen MR) is 76.1 cm³/mol. The summed E-state index contributed by atoms with van der Waals surface area (Å²) < 4.78 is 26.4.